The Morgan fingerprint density at radius 3 is 2.08 bits per heavy atom. The van der Waals surface area contributed by atoms with Crippen molar-refractivity contribution in [2.24, 2.45) is 46.7 Å². The molecule has 5 fully saturated rings. The Morgan fingerprint density at radius 2 is 1.49 bits per heavy atom. The summed E-state index contributed by atoms with van der Waals surface area (Å²) < 4.78 is 0. The van der Waals surface area contributed by atoms with Gasteiger partial charge in [0.1, 0.15) is 6.04 Å². The number of piperidine rings is 1. The molecular formula is C32H51N3O4. The zero-order valence-corrected chi connectivity index (χ0v) is 24.3. The molecule has 0 aromatic rings. The van der Waals surface area contributed by atoms with Crippen LogP contribution in [0, 0.1) is 40.9 Å². The van der Waals surface area contributed by atoms with E-state index in [0.29, 0.717) is 30.7 Å². The third-order valence-corrected chi connectivity index (χ3v) is 11.6. The second kappa shape index (κ2) is 11.9. The third kappa shape index (κ3) is 6.07. The highest BCUT2D eigenvalue weighted by Gasteiger charge is 2.69. The van der Waals surface area contributed by atoms with E-state index in [9.17, 15) is 19.2 Å². The second-order valence-electron chi connectivity index (χ2n) is 14.3. The molecular weight excluding hydrogens is 490 g/mol. The van der Waals surface area contributed by atoms with Gasteiger partial charge in [-0.3, -0.25) is 19.2 Å². The van der Waals surface area contributed by atoms with Gasteiger partial charge in [0, 0.05) is 12.5 Å². The van der Waals surface area contributed by atoms with Crippen molar-refractivity contribution in [3.05, 3.63) is 0 Å². The minimum absolute atomic E-state index is 0.00160. The van der Waals surface area contributed by atoms with Crippen LogP contribution in [0.15, 0.2) is 0 Å². The van der Waals surface area contributed by atoms with Crippen molar-refractivity contribution in [2.45, 2.75) is 129 Å². The van der Waals surface area contributed by atoms with Gasteiger partial charge in [0.15, 0.2) is 0 Å². The maximum absolute atomic E-state index is 14.4. The van der Waals surface area contributed by atoms with Crippen molar-refractivity contribution in [2.75, 3.05) is 6.54 Å². The van der Waals surface area contributed by atoms with Crippen molar-refractivity contribution < 1.29 is 19.2 Å². The van der Waals surface area contributed by atoms with Crippen LogP contribution >= 0.6 is 0 Å². The molecule has 1 aliphatic heterocycles. The summed E-state index contributed by atoms with van der Waals surface area (Å²) in [6.45, 7) is 5.00. The lowest BCUT2D eigenvalue weighted by Crippen LogP contribution is -2.56. The first kappa shape index (κ1) is 28.6. The molecule has 0 spiro atoms. The van der Waals surface area contributed by atoms with E-state index in [-0.39, 0.29) is 29.1 Å². The number of rotatable bonds is 11. The lowest BCUT2D eigenvalue weighted by molar-refractivity contribution is -0.146. The number of nitrogens with one attached hydrogen (secondary N) is 1. The van der Waals surface area contributed by atoms with E-state index in [1.165, 1.54) is 51.4 Å². The molecule has 218 valence electrons. The van der Waals surface area contributed by atoms with Gasteiger partial charge in [-0.15, -0.1) is 0 Å². The van der Waals surface area contributed by atoms with Gasteiger partial charge in [0.2, 0.25) is 17.6 Å². The molecule has 0 aromatic carbocycles. The van der Waals surface area contributed by atoms with E-state index < -0.39 is 23.8 Å². The molecule has 4 saturated carbocycles. The van der Waals surface area contributed by atoms with Crippen LogP contribution in [0.25, 0.3) is 0 Å². The predicted octanol–water partition coefficient (Wildman–Crippen LogP) is 4.76. The standard InChI is InChI=1S/C32H51N3O4/c1-32(2)24-19-35(27(26(24)32)30(38)34-25(28(36)29(33)37)18-21-12-9-13-21)31(39)23(22-14-7-4-8-15-22)17-16-20-10-5-3-6-11-20/h20-27H,3-19H2,1-2H3,(H2,33,37)(H,34,38)/t23-,24?,25?,26+,27?/m0/s1. The number of likely N-dealkylation sites (tertiary alicyclic amines) is 1. The number of primary amides is 1. The van der Waals surface area contributed by atoms with Crippen LogP contribution in [0.4, 0.5) is 0 Å². The van der Waals surface area contributed by atoms with Crippen LogP contribution in [0.5, 0.6) is 0 Å². The minimum atomic E-state index is -0.997. The third-order valence-electron chi connectivity index (χ3n) is 11.6. The van der Waals surface area contributed by atoms with E-state index in [1.54, 1.807) is 0 Å². The molecule has 3 N–H and O–H groups in total. The zero-order chi connectivity index (χ0) is 27.7. The van der Waals surface area contributed by atoms with Crippen LogP contribution in [-0.2, 0) is 19.2 Å². The molecule has 3 unspecified atom stereocenters. The molecule has 0 bridgehead atoms. The Morgan fingerprint density at radius 1 is 0.872 bits per heavy atom. The number of hydrogen-bond acceptors (Lipinski definition) is 4. The first-order valence-corrected chi connectivity index (χ1v) is 16.1. The average molecular weight is 542 g/mol. The Kier molecular flexibility index (Phi) is 8.73. The molecule has 0 radical (unpaired) electrons. The molecule has 4 aliphatic carbocycles. The lowest BCUT2D eigenvalue weighted by Gasteiger charge is -2.38. The number of nitrogens with two attached hydrogens (primary N) is 1. The Balaban J connectivity index is 1.33. The predicted molar refractivity (Wildman–Crippen MR) is 150 cm³/mol. The van der Waals surface area contributed by atoms with Crippen LogP contribution in [0.1, 0.15) is 117 Å². The van der Waals surface area contributed by atoms with Crippen molar-refractivity contribution in [1.29, 1.82) is 0 Å². The Hall–Kier alpha value is -1.92. The van der Waals surface area contributed by atoms with E-state index in [0.717, 1.165) is 50.9 Å². The maximum Gasteiger partial charge on any atom is 0.287 e. The van der Waals surface area contributed by atoms with Gasteiger partial charge in [0.05, 0.1) is 6.04 Å². The van der Waals surface area contributed by atoms with Crippen LogP contribution in [0.2, 0.25) is 0 Å². The van der Waals surface area contributed by atoms with Gasteiger partial charge >= 0.3 is 0 Å². The summed E-state index contributed by atoms with van der Waals surface area (Å²) in [5.41, 5.74) is 5.37. The number of carbonyl (C=O) groups is 4. The average Bonchev–Trinajstić information content (AvgIpc) is 3.23. The van der Waals surface area contributed by atoms with Gasteiger partial charge in [-0.25, -0.2) is 0 Å². The van der Waals surface area contributed by atoms with Gasteiger partial charge in [-0.2, -0.15) is 0 Å². The summed E-state index contributed by atoms with van der Waals surface area (Å²) in [4.78, 5) is 54.7. The number of nitrogens with zero attached hydrogens (tertiary/aromatic N) is 1. The molecule has 5 rings (SSSR count). The highest BCUT2D eigenvalue weighted by molar-refractivity contribution is 6.37. The summed E-state index contributed by atoms with van der Waals surface area (Å²) in [7, 11) is 0. The molecule has 1 heterocycles. The number of carbonyl (C=O) groups excluding carboxylic acids is 4. The highest BCUT2D eigenvalue weighted by atomic mass is 16.2. The number of Topliss-reactive ketones (excluding diaryl/α,β-unsaturated/α-hetero) is 1. The molecule has 7 nitrogen and oxygen atoms in total. The first-order chi connectivity index (χ1) is 18.7. The summed E-state index contributed by atoms with van der Waals surface area (Å²) in [6, 6.07) is -1.46. The monoisotopic (exact) mass is 541 g/mol. The quantitative estimate of drug-likeness (QED) is 0.368. The normalized spacial score (nSPS) is 30.6. The van der Waals surface area contributed by atoms with Gasteiger partial charge in [-0.05, 0) is 67.1 Å². The summed E-state index contributed by atoms with van der Waals surface area (Å²) in [5.74, 6) is 0.0450. The van der Waals surface area contributed by atoms with Crippen LogP contribution in [-0.4, -0.2) is 47.0 Å². The Labute approximate surface area is 234 Å². The lowest BCUT2D eigenvalue weighted by atomic mass is 9.75. The van der Waals surface area contributed by atoms with Crippen molar-refractivity contribution in [1.82, 2.24) is 10.2 Å². The number of amides is 3. The van der Waals surface area contributed by atoms with Crippen molar-refractivity contribution in [3.8, 4) is 0 Å². The molecule has 7 heteroatoms. The highest BCUT2D eigenvalue weighted by Crippen LogP contribution is 2.65. The van der Waals surface area contributed by atoms with Crippen LogP contribution in [0.3, 0.4) is 0 Å². The topological polar surface area (TPSA) is 110 Å². The number of fused-ring (bicyclic) bond motifs is 1. The molecule has 1 saturated heterocycles. The fraction of sp³-hybridized carbons (Fsp3) is 0.875. The van der Waals surface area contributed by atoms with Crippen molar-refractivity contribution in [3.63, 3.8) is 0 Å². The fourth-order valence-corrected chi connectivity index (χ4v) is 8.74. The molecule has 39 heavy (non-hydrogen) atoms. The molecule has 3 amide bonds. The minimum Gasteiger partial charge on any atom is -0.363 e. The SMILES string of the molecule is CC1(C)C2CN(C(=O)[C@@H](CCC3CCCCC3)C3CCCCC3)C(C(=O)NC(CC3CCC3)C(=O)C(N)=O)[C@@H]21. The smallest absolute Gasteiger partial charge is 0.287 e. The first-order valence-electron chi connectivity index (χ1n) is 16.1. The maximum atomic E-state index is 14.4. The van der Waals surface area contributed by atoms with Crippen LogP contribution < -0.4 is 11.1 Å². The van der Waals surface area contributed by atoms with Gasteiger partial charge in [-0.1, -0.05) is 84.5 Å². The van der Waals surface area contributed by atoms with E-state index in [1.807, 2.05) is 4.90 Å². The number of hydrogen-bond donors (Lipinski definition) is 2. The van der Waals surface area contributed by atoms with E-state index in [2.05, 4.69) is 19.2 Å². The fourth-order valence-electron chi connectivity index (χ4n) is 8.74. The zero-order valence-electron chi connectivity index (χ0n) is 24.3. The summed E-state index contributed by atoms with van der Waals surface area (Å²) in [5, 5.41) is 2.94. The summed E-state index contributed by atoms with van der Waals surface area (Å²) in [6.07, 6.45) is 18.0. The number of ketones is 1. The van der Waals surface area contributed by atoms with Crippen molar-refractivity contribution >= 4 is 23.5 Å². The second-order valence-corrected chi connectivity index (χ2v) is 14.3. The molecule has 5 aliphatic rings. The largest absolute Gasteiger partial charge is 0.363 e. The van der Waals surface area contributed by atoms with E-state index in [4.69, 9.17) is 5.73 Å². The van der Waals surface area contributed by atoms with Gasteiger partial charge < -0.3 is 16.0 Å². The van der Waals surface area contributed by atoms with E-state index >= 15 is 0 Å². The summed E-state index contributed by atoms with van der Waals surface area (Å²) >= 11 is 0. The Bertz CT molecular complexity index is 932. The molecule has 5 atom stereocenters. The molecule has 0 aromatic heterocycles. The van der Waals surface area contributed by atoms with Gasteiger partial charge in [0.25, 0.3) is 5.91 Å².